The van der Waals surface area contributed by atoms with Crippen molar-refractivity contribution >= 4 is 44.2 Å². The summed E-state index contributed by atoms with van der Waals surface area (Å²) in [5, 5.41) is 3.50. The van der Waals surface area contributed by atoms with Crippen molar-refractivity contribution < 1.29 is 9.21 Å². The standard InChI is InChI=1S/C20H20N4O3S/c1-4-17-22-13-9-12(5-6-14(13)27-17)21-16(25)8-7-15-23-19(26)18-10(2)11(3)28-20(18)24-15/h5-6,9H,4,7-8H2,1-3H3,(H,21,25)(H,23,24,26). The van der Waals surface area contributed by atoms with E-state index >= 15 is 0 Å². The Morgan fingerprint density at radius 2 is 2.11 bits per heavy atom. The van der Waals surface area contributed by atoms with E-state index in [0.717, 1.165) is 27.2 Å². The molecule has 4 rings (SSSR count). The van der Waals surface area contributed by atoms with Gasteiger partial charge in [-0.1, -0.05) is 6.92 Å². The molecule has 0 spiro atoms. The van der Waals surface area contributed by atoms with Crippen molar-refractivity contribution in [1.82, 2.24) is 15.0 Å². The minimum absolute atomic E-state index is 0.148. The number of hydrogen-bond donors (Lipinski definition) is 2. The molecule has 0 fully saturated rings. The summed E-state index contributed by atoms with van der Waals surface area (Å²) in [5.41, 5.74) is 2.90. The van der Waals surface area contributed by atoms with Crippen LogP contribution in [0, 0.1) is 13.8 Å². The summed E-state index contributed by atoms with van der Waals surface area (Å²) >= 11 is 1.50. The molecule has 0 saturated heterocycles. The first-order chi connectivity index (χ1) is 13.4. The maximum absolute atomic E-state index is 12.3. The molecule has 8 heteroatoms. The van der Waals surface area contributed by atoms with Gasteiger partial charge in [-0.2, -0.15) is 0 Å². The Labute approximate surface area is 164 Å². The zero-order valence-corrected chi connectivity index (χ0v) is 16.7. The predicted octanol–water partition coefficient (Wildman–Crippen LogP) is 3.88. The van der Waals surface area contributed by atoms with E-state index in [0.29, 0.717) is 34.8 Å². The molecule has 0 aliphatic heterocycles. The monoisotopic (exact) mass is 396 g/mol. The van der Waals surface area contributed by atoms with Gasteiger partial charge in [-0.15, -0.1) is 11.3 Å². The molecule has 144 valence electrons. The Kier molecular flexibility index (Phi) is 4.72. The number of rotatable bonds is 5. The number of nitrogens with one attached hydrogen (secondary N) is 2. The molecule has 0 unspecified atom stereocenters. The van der Waals surface area contributed by atoms with Crippen LogP contribution >= 0.6 is 11.3 Å². The van der Waals surface area contributed by atoms with Crippen LogP contribution in [-0.2, 0) is 17.6 Å². The van der Waals surface area contributed by atoms with E-state index < -0.39 is 0 Å². The van der Waals surface area contributed by atoms with Gasteiger partial charge in [0, 0.05) is 29.8 Å². The average Bonchev–Trinajstić information content (AvgIpc) is 3.20. The molecule has 1 aromatic carbocycles. The summed E-state index contributed by atoms with van der Waals surface area (Å²) in [6, 6.07) is 5.37. The fourth-order valence-corrected chi connectivity index (χ4v) is 4.13. The maximum atomic E-state index is 12.3. The van der Waals surface area contributed by atoms with Gasteiger partial charge in [0.15, 0.2) is 11.5 Å². The number of carbonyl (C=O) groups excluding carboxylic acids is 1. The Bertz CT molecular complexity index is 1250. The number of carbonyl (C=O) groups is 1. The van der Waals surface area contributed by atoms with Crippen LogP contribution in [0.4, 0.5) is 5.69 Å². The molecule has 1 amide bonds. The largest absolute Gasteiger partial charge is 0.441 e. The number of H-pyrrole nitrogens is 1. The molecule has 0 radical (unpaired) electrons. The summed E-state index contributed by atoms with van der Waals surface area (Å²) in [4.78, 5) is 38.1. The predicted molar refractivity (Wildman–Crippen MR) is 110 cm³/mol. The van der Waals surface area contributed by atoms with Crippen molar-refractivity contribution in [2.75, 3.05) is 5.32 Å². The highest BCUT2D eigenvalue weighted by molar-refractivity contribution is 7.18. The van der Waals surface area contributed by atoms with Gasteiger partial charge in [0.05, 0.1) is 5.39 Å². The van der Waals surface area contributed by atoms with E-state index in [1.165, 1.54) is 11.3 Å². The van der Waals surface area contributed by atoms with Gasteiger partial charge in [0.1, 0.15) is 16.2 Å². The minimum Gasteiger partial charge on any atom is -0.441 e. The van der Waals surface area contributed by atoms with Crippen LogP contribution in [0.1, 0.15) is 35.5 Å². The van der Waals surface area contributed by atoms with E-state index in [9.17, 15) is 9.59 Å². The van der Waals surface area contributed by atoms with Crippen LogP contribution in [-0.4, -0.2) is 20.9 Å². The number of aryl methyl sites for hydroxylation is 4. The van der Waals surface area contributed by atoms with E-state index in [2.05, 4.69) is 20.3 Å². The second-order valence-corrected chi connectivity index (χ2v) is 7.87. The molecule has 2 N–H and O–H groups in total. The zero-order chi connectivity index (χ0) is 19.8. The first-order valence-corrected chi connectivity index (χ1v) is 9.94. The highest BCUT2D eigenvalue weighted by Crippen LogP contribution is 2.26. The van der Waals surface area contributed by atoms with E-state index in [-0.39, 0.29) is 17.9 Å². The van der Waals surface area contributed by atoms with Gasteiger partial charge in [-0.3, -0.25) is 9.59 Å². The molecule has 7 nitrogen and oxygen atoms in total. The number of oxazole rings is 1. The second kappa shape index (κ2) is 7.20. The molecule has 3 aromatic heterocycles. The third-order valence-electron chi connectivity index (χ3n) is 4.70. The third kappa shape index (κ3) is 3.43. The number of hydrogen-bond acceptors (Lipinski definition) is 6. The molecule has 3 heterocycles. The molecule has 0 bridgehead atoms. The van der Waals surface area contributed by atoms with E-state index in [1.54, 1.807) is 18.2 Å². The van der Waals surface area contributed by atoms with Crippen LogP contribution in [0.3, 0.4) is 0 Å². The van der Waals surface area contributed by atoms with Gasteiger partial charge in [-0.05, 0) is 37.6 Å². The normalized spacial score (nSPS) is 11.4. The number of anilines is 1. The number of aromatic amines is 1. The summed E-state index contributed by atoms with van der Waals surface area (Å²) in [5.74, 6) is 1.04. The Morgan fingerprint density at radius 1 is 1.29 bits per heavy atom. The molecule has 28 heavy (non-hydrogen) atoms. The van der Waals surface area contributed by atoms with Crippen molar-refractivity contribution in [3.63, 3.8) is 0 Å². The second-order valence-electron chi connectivity index (χ2n) is 6.67. The van der Waals surface area contributed by atoms with Gasteiger partial charge < -0.3 is 14.7 Å². The highest BCUT2D eigenvalue weighted by atomic mass is 32.1. The lowest BCUT2D eigenvalue weighted by atomic mass is 10.2. The van der Waals surface area contributed by atoms with Gasteiger partial charge >= 0.3 is 0 Å². The van der Waals surface area contributed by atoms with Crippen molar-refractivity contribution in [3.05, 3.63) is 50.7 Å². The Balaban J connectivity index is 1.46. The summed E-state index contributed by atoms with van der Waals surface area (Å²) in [6.45, 7) is 5.87. The Morgan fingerprint density at radius 3 is 2.89 bits per heavy atom. The fourth-order valence-electron chi connectivity index (χ4n) is 3.08. The van der Waals surface area contributed by atoms with Gasteiger partial charge in [0.25, 0.3) is 5.56 Å². The highest BCUT2D eigenvalue weighted by Gasteiger charge is 2.13. The van der Waals surface area contributed by atoms with Crippen molar-refractivity contribution in [2.45, 2.75) is 40.0 Å². The molecular formula is C20H20N4O3S. The van der Waals surface area contributed by atoms with Gasteiger partial charge in [0.2, 0.25) is 5.91 Å². The van der Waals surface area contributed by atoms with Crippen molar-refractivity contribution in [3.8, 4) is 0 Å². The van der Waals surface area contributed by atoms with Crippen LogP contribution in [0.2, 0.25) is 0 Å². The van der Waals surface area contributed by atoms with Crippen LogP contribution in [0.25, 0.3) is 21.3 Å². The topological polar surface area (TPSA) is 101 Å². The lowest BCUT2D eigenvalue weighted by molar-refractivity contribution is -0.116. The van der Waals surface area contributed by atoms with E-state index in [1.807, 2.05) is 20.8 Å². The quantitative estimate of drug-likeness (QED) is 0.533. The zero-order valence-electron chi connectivity index (χ0n) is 15.9. The Hall–Kier alpha value is -3.00. The first kappa shape index (κ1) is 18.4. The van der Waals surface area contributed by atoms with E-state index in [4.69, 9.17) is 4.42 Å². The van der Waals surface area contributed by atoms with Crippen molar-refractivity contribution in [1.29, 1.82) is 0 Å². The molecule has 0 atom stereocenters. The molecule has 0 saturated carbocycles. The van der Waals surface area contributed by atoms with Crippen LogP contribution < -0.4 is 10.9 Å². The number of amides is 1. The smallest absolute Gasteiger partial charge is 0.259 e. The molecule has 0 aliphatic rings. The minimum atomic E-state index is -0.153. The summed E-state index contributed by atoms with van der Waals surface area (Å²) in [7, 11) is 0. The summed E-state index contributed by atoms with van der Waals surface area (Å²) in [6.07, 6.45) is 1.29. The number of thiophene rings is 1. The number of aromatic nitrogens is 3. The lowest BCUT2D eigenvalue weighted by Crippen LogP contribution is -2.16. The van der Waals surface area contributed by atoms with Crippen LogP contribution in [0.15, 0.2) is 27.4 Å². The van der Waals surface area contributed by atoms with Crippen LogP contribution in [0.5, 0.6) is 0 Å². The lowest BCUT2D eigenvalue weighted by Gasteiger charge is -2.05. The third-order valence-corrected chi connectivity index (χ3v) is 5.80. The maximum Gasteiger partial charge on any atom is 0.259 e. The van der Waals surface area contributed by atoms with Crippen molar-refractivity contribution in [2.24, 2.45) is 0 Å². The SMILES string of the molecule is CCc1nc2cc(NC(=O)CCc3nc4sc(C)c(C)c4c(=O)[nH]3)ccc2o1. The number of benzene rings is 1. The first-order valence-electron chi connectivity index (χ1n) is 9.12. The molecule has 4 aromatic rings. The molecular weight excluding hydrogens is 376 g/mol. The number of fused-ring (bicyclic) bond motifs is 2. The molecule has 0 aliphatic carbocycles. The summed E-state index contributed by atoms with van der Waals surface area (Å²) < 4.78 is 5.57. The fraction of sp³-hybridized carbons (Fsp3) is 0.300. The number of nitrogens with zero attached hydrogens (tertiary/aromatic N) is 2. The average molecular weight is 396 g/mol. The van der Waals surface area contributed by atoms with Gasteiger partial charge in [-0.25, -0.2) is 9.97 Å².